The molecule has 0 radical (unpaired) electrons. The van der Waals surface area contributed by atoms with E-state index in [0.717, 1.165) is 19.3 Å². The van der Waals surface area contributed by atoms with Crippen molar-refractivity contribution in [3.63, 3.8) is 0 Å². The first-order valence-corrected chi connectivity index (χ1v) is 9.65. The summed E-state index contributed by atoms with van der Waals surface area (Å²) < 4.78 is 5.08. The molecule has 6 heteroatoms. The van der Waals surface area contributed by atoms with E-state index in [4.69, 9.17) is 27.9 Å². The van der Waals surface area contributed by atoms with Crippen molar-refractivity contribution >= 4 is 46.7 Å². The van der Waals surface area contributed by atoms with Crippen molar-refractivity contribution < 1.29 is 14.3 Å². The van der Waals surface area contributed by atoms with Crippen LogP contribution in [0.3, 0.4) is 0 Å². The van der Waals surface area contributed by atoms with Gasteiger partial charge >= 0.3 is 5.97 Å². The van der Waals surface area contributed by atoms with E-state index in [-0.39, 0.29) is 18.1 Å². The smallest absolute Gasteiger partial charge is 0.316 e. The summed E-state index contributed by atoms with van der Waals surface area (Å²) in [7, 11) is 0. The number of ketones is 1. The first-order chi connectivity index (χ1) is 12.0. The molecule has 25 heavy (non-hydrogen) atoms. The summed E-state index contributed by atoms with van der Waals surface area (Å²) >= 11 is 13.2. The SMILES string of the molecule is O=C(CSc1cc(Cl)ccc1Cl)OCC(=O)c1ccc2c(c1)CCC2. The standard InChI is InChI=1S/C19H16Cl2O3S/c20-15-6-7-16(21)18(9-15)25-11-19(23)24-10-17(22)14-5-4-12-2-1-3-13(12)8-14/h4-9H,1-3,10-11H2. The molecule has 0 spiro atoms. The van der Waals surface area contributed by atoms with Gasteiger partial charge < -0.3 is 4.74 Å². The predicted molar refractivity (Wildman–Crippen MR) is 101 cm³/mol. The fourth-order valence-corrected chi connectivity index (χ4v) is 4.03. The van der Waals surface area contributed by atoms with Gasteiger partial charge in [-0.1, -0.05) is 35.3 Å². The lowest BCUT2D eigenvalue weighted by Gasteiger charge is -2.07. The summed E-state index contributed by atoms with van der Waals surface area (Å²) in [6, 6.07) is 10.8. The highest BCUT2D eigenvalue weighted by atomic mass is 35.5. The average molecular weight is 395 g/mol. The Morgan fingerprint density at radius 1 is 1.04 bits per heavy atom. The number of halogens is 2. The van der Waals surface area contributed by atoms with E-state index in [1.165, 1.54) is 22.9 Å². The van der Waals surface area contributed by atoms with Crippen molar-refractivity contribution in [2.45, 2.75) is 24.2 Å². The van der Waals surface area contributed by atoms with Crippen LogP contribution in [0, 0.1) is 0 Å². The molecular formula is C19H16Cl2O3S. The minimum Gasteiger partial charge on any atom is -0.457 e. The van der Waals surface area contributed by atoms with Crippen molar-refractivity contribution in [1.29, 1.82) is 0 Å². The monoisotopic (exact) mass is 394 g/mol. The molecule has 1 aliphatic carbocycles. The average Bonchev–Trinajstić information content (AvgIpc) is 3.08. The van der Waals surface area contributed by atoms with Crippen molar-refractivity contribution in [2.24, 2.45) is 0 Å². The van der Waals surface area contributed by atoms with Gasteiger partial charge in [0.05, 0.1) is 10.8 Å². The third kappa shape index (κ3) is 4.78. The summed E-state index contributed by atoms with van der Waals surface area (Å²) in [4.78, 5) is 24.8. The molecule has 3 nitrogen and oxygen atoms in total. The zero-order valence-corrected chi connectivity index (χ0v) is 15.7. The zero-order chi connectivity index (χ0) is 17.8. The third-order valence-electron chi connectivity index (χ3n) is 4.02. The van der Waals surface area contributed by atoms with Gasteiger partial charge in [-0.15, -0.1) is 11.8 Å². The molecule has 0 atom stereocenters. The molecule has 2 aromatic carbocycles. The maximum absolute atomic E-state index is 12.2. The van der Waals surface area contributed by atoms with Crippen LogP contribution < -0.4 is 0 Å². The Morgan fingerprint density at radius 3 is 2.68 bits per heavy atom. The van der Waals surface area contributed by atoms with Crippen LogP contribution in [-0.4, -0.2) is 24.1 Å². The number of fused-ring (bicyclic) bond motifs is 1. The third-order valence-corrected chi connectivity index (χ3v) is 5.73. The topological polar surface area (TPSA) is 43.4 Å². The molecular weight excluding hydrogens is 379 g/mol. The molecule has 0 bridgehead atoms. The lowest BCUT2D eigenvalue weighted by atomic mass is 10.0. The summed E-state index contributed by atoms with van der Waals surface area (Å²) in [5.41, 5.74) is 3.13. The number of carbonyl (C=O) groups excluding carboxylic acids is 2. The number of aryl methyl sites for hydroxylation is 2. The lowest BCUT2D eigenvalue weighted by Crippen LogP contribution is -2.15. The molecule has 0 heterocycles. The van der Waals surface area contributed by atoms with E-state index in [1.807, 2.05) is 12.1 Å². The van der Waals surface area contributed by atoms with E-state index < -0.39 is 5.97 Å². The minimum atomic E-state index is -0.462. The van der Waals surface area contributed by atoms with Crippen LogP contribution in [0.2, 0.25) is 10.0 Å². The fraction of sp³-hybridized carbons (Fsp3) is 0.263. The van der Waals surface area contributed by atoms with Crippen molar-refractivity contribution in [1.82, 2.24) is 0 Å². The molecule has 0 fully saturated rings. The molecule has 0 unspecified atom stereocenters. The second-order valence-corrected chi connectivity index (χ2v) is 7.65. The number of hydrogen-bond acceptors (Lipinski definition) is 4. The Labute approximate surface area is 160 Å². The van der Waals surface area contributed by atoms with Gasteiger partial charge in [-0.05, 0) is 54.7 Å². The van der Waals surface area contributed by atoms with Crippen molar-refractivity contribution in [3.05, 3.63) is 63.1 Å². The van der Waals surface area contributed by atoms with Gasteiger partial charge in [-0.2, -0.15) is 0 Å². The van der Waals surface area contributed by atoms with E-state index in [2.05, 4.69) is 0 Å². The van der Waals surface area contributed by atoms with Gasteiger partial charge in [-0.3, -0.25) is 9.59 Å². The van der Waals surface area contributed by atoms with E-state index in [1.54, 1.807) is 24.3 Å². The van der Waals surface area contributed by atoms with Crippen molar-refractivity contribution in [3.8, 4) is 0 Å². The second-order valence-electron chi connectivity index (χ2n) is 5.78. The normalized spacial score (nSPS) is 12.7. The molecule has 130 valence electrons. The van der Waals surface area contributed by atoms with E-state index in [9.17, 15) is 9.59 Å². The Bertz CT molecular complexity index is 820. The Morgan fingerprint density at radius 2 is 1.84 bits per heavy atom. The fourth-order valence-electron chi connectivity index (χ4n) is 2.74. The van der Waals surface area contributed by atoms with Gasteiger partial charge in [-0.25, -0.2) is 0 Å². The maximum atomic E-state index is 12.2. The minimum absolute atomic E-state index is 0.0670. The number of Topliss-reactive ketones (excluding diaryl/α,β-unsaturated/α-hetero) is 1. The van der Waals surface area contributed by atoms with Gasteiger partial charge in [0.15, 0.2) is 12.4 Å². The highest BCUT2D eigenvalue weighted by Gasteiger charge is 2.15. The van der Waals surface area contributed by atoms with Crippen LogP contribution in [0.1, 0.15) is 27.9 Å². The lowest BCUT2D eigenvalue weighted by molar-refractivity contribution is -0.139. The molecule has 0 aromatic heterocycles. The van der Waals surface area contributed by atoms with Crippen LogP contribution in [0.5, 0.6) is 0 Å². The molecule has 0 saturated heterocycles. The van der Waals surface area contributed by atoms with Crippen LogP contribution in [0.15, 0.2) is 41.3 Å². The summed E-state index contributed by atoms with van der Waals surface area (Å²) in [6.45, 7) is -0.249. The Hall–Kier alpha value is -1.49. The number of hydrogen-bond donors (Lipinski definition) is 0. The van der Waals surface area contributed by atoms with Gasteiger partial charge in [0.1, 0.15) is 0 Å². The molecule has 0 N–H and O–H groups in total. The first-order valence-electron chi connectivity index (χ1n) is 7.91. The molecule has 0 aliphatic heterocycles. The highest BCUT2D eigenvalue weighted by molar-refractivity contribution is 8.00. The second kappa shape index (κ2) is 8.26. The van der Waals surface area contributed by atoms with Gasteiger partial charge in [0, 0.05) is 15.5 Å². The number of rotatable bonds is 6. The van der Waals surface area contributed by atoms with Crippen LogP contribution in [-0.2, 0) is 22.4 Å². The summed E-state index contributed by atoms with van der Waals surface area (Å²) in [5, 5.41) is 1.07. The first kappa shape index (κ1) is 18.3. The Balaban J connectivity index is 1.50. The summed E-state index contributed by atoms with van der Waals surface area (Å²) in [6.07, 6.45) is 3.21. The quantitative estimate of drug-likeness (QED) is 0.392. The van der Waals surface area contributed by atoms with Crippen molar-refractivity contribution in [2.75, 3.05) is 12.4 Å². The molecule has 0 saturated carbocycles. The predicted octanol–water partition coefficient (Wildman–Crippen LogP) is 5.00. The van der Waals surface area contributed by atoms with Crippen LogP contribution >= 0.6 is 35.0 Å². The Kier molecular flexibility index (Phi) is 6.05. The van der Waals surface area contributed by atoms with Gasteiger partial charge in [0.2, 0.25) is 0 Å². The summed E-state index contributed by atoms with van der Waals surface area (Å²) in [5.74, 6) is -0.582. The maximum Gasteiger partial charge on any atom is 0.316 e. The molecule has 2 aromatic rings. The molecule has 1 aliphatic rings. The number of ether oxygens (including phenoxy) is 1. The number of benzene rings is 2. The zero-order valence-electron chi connectivity index (χ0n) is 13.4. The number of esters is 1. The molecule has 3 rings (SSSR count). The van der Waals surface area contributed by atoms with Gasteiger partial charge in [0.25, 0.3) is 0 Å². The van der Waals surface area contributed by atoms with Crippen LogP contribution in [0.25, 0.3) is 0 Å². The molecule has 0 amide bonds. The highest BCUT2D eigenvalue weighted by Crippen LogP contribution is 2.30. The largest absolute Gasteiger partial charge is 0.457 e. The van der Waals surface area contributed by atoms with E-state index >= 15 is 0 Å². The van der Waals surface area contributed by atoms with E-state index in [0.29, 0.717) is 20.5 Å². The number of thioether (sulfide) groups is 1. The van der Waals surface area contributed by atoms with Crippen LogP contribution in [0.4, 0.5) is 0 Å². The number of carbonyl (C=O) groups is 2.